The number of carbonyl (C=O) groups is 3. The molecule has 7 heteroatoms. The van der Waals surface area contributed by atoms with E-state index in [0.717, 1.165) is 29.5 Å². The van der Waals surface area contributed by atoms with Gasteiger partial charge in [0.1, 0.15) is 5.54 Å². The summed E-state index contributed by atoms with van der Waals surface area (Å²) in [6, 6.07) is 2.06. The quantitative estimate of drug-likeness (QED) is 0.641. The summed E-state index contributed by atoms with van der Waals surface area (Å²) in [4.78, 5) is 37.5. The fraction of sp³-hybridized carbons (Fsp3) is 0.471. The van der Waals surface area contributed by atoms with Crippen LogP contribution in [-0.4, -0.2) is 34.7 Å². The molecule has 1 heterocycles. The Morgan fingerprint density at radius 2 is 1.92 bits per heavy atom. The van der Waals surface area contributed by atoms with Crippen molar-refractivity contribution in [3.8, 4) is 0 Å². The van der Waals surface area contributed by atoms with Gasteiger partial charge >= 0.3 is 6.03 Å². The van der Waals surface area contributed by atoms with Crippen LogP contribution in [0.4, 0.5) is 13.6 Å². The van der Waals surface area contributed by atoms with Gasteiger partial charge in [-0.25, -0.2) is 13.6 Å². The standard InChI is InChI=1S/C17H20F2N2O3/c1-10(2)6-7-17(3)15(23)21(16(24)20-17)9-14(22)11-4-5-12(18)13(19)8-11/h4-5,8,10H,6-7,9H2,1-3H3,(H,20,24)/t17-/m0/s1. The lowest BCUT2D eigenvalue weighted by molar-refractivity contribution is -0.130. The molecule has 1 aromatic carbocycles. The minimum absolute atomic E-state index is 0.0923. The van der Waals surface area contributed by atoms with Gasteiger partial charge in [0.15, 0.2) is 17.4 Å². The monoisotopic (exact) mass is 338 g/mol. The number of imide groups is 1. The van der Waals surface area contributed by atoms with Crippen LogP contribution in [0.15, 0.2) is 18.2 Å². The Morgan fingerprint density at radius 1 is 1.25 bits per heavy atom. The Balaban J connectivity index is 2.11. The molecule has 0 spiro atoms. The highest BCUT2D eigenvalue weighted by Crippen LogP contribution is 2.25. The zero-order valence-corrected chi connectivity index (χ0v) is 13.9. The van der Waals surface area contributed by atoms with E-state index in [2.05, 4.69) is 5.32 Å². The van der Waals surface area contributed by atoms with Crippen LogP contribution < -0.4 is 5.32 Å². The molecule has 0 bridgehead atoms. The molecule has 1 atom stereocenters. The van der Waals surface area contributed by atoms with Gasteiger partial charge in [-0.05, 0) is 43.9 Å². The molecule has 0 aromatic heterocycles. The Hall–Kier alpha value is -2.31. The van der Waals surface area contributed by atoms with Crippen molar-refractivity contribution in [1.29, 1.82) is 0 Å². The molecular weight excluding hydrogens is 318 g/mol. The minimum atomic E-state index is -1.15. The van der Waals surface area contributed by atoms with E-state index >= 15 is 0 Å². The lowest BCUT2D eigenvalue weighted by atomic mass is 9.92. The van der Waals surface area contributed by atoms with Gasteiger partial charge in [-0.1, -0.05) is 13.8 Å². The number of benzene rings is 1. The van der Waals surface area contributed by atoms with Gasteiger partial charge in [-0.2, -0.15) is 0 Å². The van der Waals surface area contributed by atoms with Gasteiger partial charge < -0.3 is 5.32 Å². The van der Waals surface area contributed by atoms with Crippen LogP contribution in [0.25, 0.3) is 0 Å². The largest absolute Gasteiger partial charge is 0.325 e. The number of amides is 3. The number of ketones is 1. The molecule has 1 saturated heterocycles. The molecule has 0 saturated carbocycles. The summed E-state index contributed by atoms with van der Waals surface area (Å²) in [5, 5.41) is 2.61. The number of hydrogen-bond acceptors (Lipinski definition) is 3. The smallest absolute Gasteiger partial charge is 0.323 e. The molecule has 1 aliphatic rings. The zero-order chi connectivity index (χ0) is 18.1. The zero-order valence-electron chi connectivity index (χ0n) is 13.9. The predicted octanol–water partition coefficient (Wildman–Crippen LogP) is 2.89. The molecule has 2 rings (SSSR count). The van der Waals surface area contributed by atoms with E-state index in [9.17, 15) is 23.2 Å². The van der Waals surface area contributed by atoms with Gasteiger partial charge in [0.2, 0.25) is 0 Å². The van der Waals surface area contributed by atoms with Crippen molar-refractivity contribution in [1.82, 2.24) is 10.2 Å². The minimum Gasteiger partial charge on any atom is -0.323 e. The molecule has 1 N–H and O–H groups in total. The SMILES string of the molecule is CC(C)CC[C@]1(C)NC(=O)N(CC(=O)c2ccc(F)c(F)c2)C1=O. The normalized spacial score (nSPS) is 20.7. The average molecular weight is 338 g/mol. The van der Waals surface area contributed by atoms with Crippen molar-refractivity contribution in [3.63, 3.8) is 0 Å². The van der Waals surface area contributed by atoms with Crippen LogP contribution in [0.3, 0.4) is 0 Å². The Labute approximate surface area is 139 Å². The third-order valence-electron chi connectivity index (χ3n) is 4.11. The van der Waals surface area contributed by atoms with E-state index in [1.807, 2.05) is 13.8 Å². The molecule has 1 aromatic rings. The number of rotatable bonds is 6. The van der Waals surface area contributed by atoms with Crippen LogP contribution >= 0.6 is 0 Å². The lowest BCUT2D eigenvalue weighted by Crippen LogP contribution is -2.44. The summed E-state index contributed by atoms with van der Waals surface area (Å²) in [7, 11) is 0. The summed E-state index contributed by atoms with van der Waals surface area (Å²) in [6.45, 7) is 5.13. The highest BCUT2D eigenvalue weighted by Gasteiger charge is 2.47. The van der Waals surface area contributed by atoms with E-state index in [1.54, 1.807) is 6.92 Å². The molecule has 0 unspecified atom stereocenters. The van der Waals surface area contributed by atoms with Crippen LogP contribution in [0, 0.1) is 17.6 Å². The summed E-state index contributed by atoms with van der Waals surface area (Å²) >= 11 is 0. The van der Waals surface area contributed by atoms with Gasteiger partial charge in [0.05, 0.1) is 6.54 Å². The van der Waals surface area contributed by atoms with Crippen LogP contribution in [0.1, 0.15) is 44.0 Å². The van der Waals surface area contributed by atoms with Gasteiger partial charge in [0, 0.05) is 5.56 Å². The molecule has 5 nitrogen and oxygen atoms in total. The van der Waals surface area contributed by atoms with Gasteiger partial charge in [-0.15, -0.1) is 0 Å². The molecule has 1 aliphatic heterocycles. The first-order valence-electron chi connectivity index (χ1n) is 7.76. The maximum Gasteiger partial charge on any atom is 0.325 e. The molecule has 1 fully saturated rings. The van der Waals surface area contributed by atoms with Crippen LogP contribution in [0.2, 0.25) is 0 Å². The molecule has 3 amide bonds. The summed E-state index contributed by atoms with van der Waals surface area (Å²) in [5.74, 6) is -2.97. The van der Waals surface area contributed by atoms with E-state index in [1.165, 1.54) is 0 Å². The first kappa shape index (κ1) is 18.0. The summed E-state index contributed by atoms with van der Waals surface area (Å²) in [6.07, 6.45) is 1.21. The summed E-state index contributed by atoms with van der Waals surface area (Å²) in [5.41, 5.74) is -1.14. The number of carbonyl (C=O) groups excluding carboxylic acids is 3. The predicted molar refractivity (Wildman–Crippen MR) is 83.4 cm³/mol. The average Bonchev–Trinajstić information content (AvgIpc) is 2.72. The van der Waals surface area contributed by atoms with E-state index in [-0.39, 0.29) is 5.56 Å². The molecule has 24 heavy (non-hydrogen) atoms. The fourth-order valence-corrected chi connectivity index (χ4v) is 2.54. The lowest BCUT2D eigenvalue weighted by Gasteiger charge is -2.22. The number of urea groups is 1. The maximum atomic E-state index is 13.2. The van der Waals surface area contributed by atoms with Crippen LogP contribution in [0.5, 0.6) is 0 Å². The molecule has 130 valence electrons. The number of nitrogens with zero attached hydrogens (tertiary/aromatic N) is 1. The topological polar surface area (TPSA) is 66.5 Å². The number of nitrogens with one attached hydrogen (secondary N) is 1. The van der Waals surface area contributed by atoms with Crippen molar-refractivity contribution in [2.24, 2.45) is 5.92 Å². The maximum absolute atomic E-state index is 13.2. The van der Waals surface area contributed by atoms with E-state index in [4.69, 9.17) is 0 Å². The highest BCUT2D eigenvalue weighted by molar-refractivity contribution is 6.10. The summed E-state index contributed by atoms with van der Waals surface area (Å²) < 4.78 is 26.1. The first-order valence-corrected chi connectivity index (χ1v) is 7.76. The second kappa shape index (κ2) is 6.67. The van der Waals surface area contributed by atoms with Gasteiger partial charge in [-0.3, -0.25) is 14.5 Å². The van der Waals surface area contributed by atoms with E-state index in [0.29, 0.717) is 12.3 Å². The fourth-order valence-electron chi connectivity index (χ4n) is 2.54. The number of hydrogen-bond donors (Lipinski definition) is 1. The highest BCUT2D eigenvalue weighted by atomic mass is 19.2. The third kappa shape index (κ3) is 3.60. The second-order valence-corrected chi connectivity index (χ2v) is 6.64. The van der Waals surface area contributed by atoms with Crippen LogP contribution in [-0.2, 0) is 4.79 Å². The van der Waals surface area contributed by atoms with Crippen molar-refractivity contribution in [2.45, 2.75) is 39.2 Å². The number of Topliss-reactive ketones (excluding diaryl/α,β-unsaturated/α-hetero) is 1. The van der Waals surface area contributed by atoms with E-state index < -0.39 is 41.4 Å². The van der Waals surface area contributed by atoms with Crippen molar-refractivity contribution < 1.29 is 23.2 Å². The molecule has 0 aliphatic carbocycles. The molecular formula is C17H20F2N2O3. The second-order valence-electron chi connectivity index (χ2n) is 6.64. The van der Waals surface area contributed by atoms with Gasteiger partial charge in [0.25, 0.3) is 5.91 Å². The molecule has 0 radical (unpaired) electrons. The Kier molecular flexibility index (Phi) is 5.01. The first-order chi connectivity index (χ1) is 11.1. The third-order valence-corrected chi connectivity index (χ3v) is 4.11. The number of halogens is 2. The van der Waals surface area contributed by atoms with Crippen molar-refractivity contribution >= 4 is 17.7 Å². The Morgan fingerprint density at radius 3 is 2.50 bits per heavy atom. The Bertz CT molecular complexity index is 690. The van der Waals surface area contributed by atoms with Crippen molar-refractivity contribution in [2.75, 3.05) is 6.54 Å². The van der Waals surface area contributed by atoms with Crippen molar-refractivity contribution in [3.05, 3.63) is 35.4 Å².